The molecule has 2 atom stereocenters. The van der Waals surface area contributed by atoms with E-state index in [1.165, 1.54) is 6.07 Å². The van der Waals surface area contributed by atoms with Crippen LogP contribution in [0.5, 0.6) is 0 Å². The predicted octanol–water partition coefficient (Wildman–Crippen LogP) is 2.92. The Bertz CT molecular complexity index is 495. The fourth-order valence-electron chi connectivity index (χ4n) is 2.80. The van der Waals surface area contributed by atoms with E-state index in [0.717, 1.165) is 24.9 Å². The van der Waals surface area contributed by atoms with Crippen molar-refractivity contribution in [3.05, 3.63) is 38.3 Å². The number of hydrogen-bond acceptors (Lipinski definition) is 4. The van der Waals surface area contributed by atoms with Crippen LogP contribution in [0.2, 0.25) is 0 Å². The van der Waals surface area contributed by atoms with Crippen LogP contribution in [0.3, 0.4) is 0 Å². The monoisotopic (exact) mass is 341 g/mol. The highest BCUT2D eigenvalue weighted by atomic mass is 79.9. The van der Waals surface area contributed by atoms with Gasteiger partial charge in [-0.15, -0.1) is 0 Å². The van der Waals surface area contributed by atoms with E-state index in [4.69, 9.17) is 5.73 Å². The van der Waals surface area contributed by atoms with Crippen molar-refractivity contribution in [1.29, 1.82) is 0 Å². The molecule has 1 saturated heterocycles. The lowest BCUT2D eigenvalue weighted by Crippen LogP contribution is -2.45. The molecule has 0 aliphatic carbocycles. The van der Waals surface area contributed by atoms with Gasteiger partial charge in [-0.3, -0.25) is 15.0 Å². The molecule has 0 amide bonds. The summed E-state index contributed by atoms with van der Waals surface area (Å²) in [6, 6.07) is 5.56. The van der Waals surface area contributed by atoms with Crippen molar-refractivity contribution >= 4 is 21.6 Å². The molecule has 2 N–H and O–H groups in total. The second kappa shape index (κ2) is 6.65. The van der Waals surface area contributed by atoms with Crippen LogP contribution >= 0.6 is 15.9 Å². The summed E-state index contributed by atoms with van der Waals surface area (Å²) in [4.78, 5) is 13.0. The summed E-state index contributed by atoms with van der Waals surface area (Å²) in [5.74, 6) is 0.702. The number of hydrogen-bond donors (Lipinski definition) is 1. The third-order valence-electron chi connectivity index (χ3n) is 4.00. The van der Waals surface area contributed by atoms with Gasteiger partial charge in [0.1, 0.15) is 0 Å². The summed E-state index contributed by atoms with van der Waals surface area (Å²) in [7, 11) is 0. The first-order valence-electron chi connectivity index (χ1n) is 6.88. The van der Waals surface area contributed by atoms with Crippen molar-refractivity contribution in [2.24, 2.45) is 11.7 Å². The number of nitrogens with two attached hydrogens (primary N) is 1. The minimum atomic E-state index is -0.355. The molecule has 1 aromatic carbocycles. The Labute approximate surface area is 127 Å². The van der Waals surface area contributed by atoms with Gasteiger partial charge in [0.15, 0.2) is 0 Å². The third kappa shape index (κ3) is 3.37. The average Bonchev–Trinajstić information content (AvgIpc) is 2.42. The minimum Gasteiger partial charge on any atom is -0.329 e. The fourth-order valence-corrected chi connectivity index (χ4v) is 3.34. The molecule has 1 aliphatic heterocycles. The van der Waals surface area contributed by atoms with Crippen LogP contribution in [-0.2, 0) is 6.54 Å². The molecule has 2 rings (SSSR count). The van der Waals surface area contributed by atoms with Crippen LogP contribution in [0.25, 0.3) is 0 Å². The van der Waals surface area contributed by atoms with Crippen molar-refractivity contribution in [3.63, 3.8) is 0 Å². The van der Waals surface area contributed by atoms with E-state index < -0.39 is 0 Å². The zero-order valence-electron chi connectivity index (χ0n) is 11.6. The molecular weight excluding hydrogens is 322 g/mol. The van der Waals surface area contributed by atoms with E-state index in [1.54, 1.807) is 6.07 Å². The maximum absolute atomic E-state index is 11.0. The topological polar surface area (TPSA) is 72.4 Å². The highest BCUT2D eigenvalue weighted by Gasteiger charge is 2.26. The Kier molecular flexibility index (Phi) is 5.12. The molecule has 0 bridgehead atoms. The second-order valence-corrected chi connectivity index (χ2v) is 6.29. The maximum Gasteiger partial charge on any atom is 0.283 e. The standard InChI is InChI=1S/C14H20BrN3O2/c1-10-5-6-17(12(7-10)8-16)9-11-3-2-4-13(14(11)15)18(19)20/h2-4,10,12H,5-9,16H2,1H3. The molecule has 2 unspecified atom stereocenters. The van der Waals surface area contributed by atoms with Gasteiger partial charge in [0.2, 0.25) is 0 Å². The fraction of sp³-hybridized carbons (Fsp3) is 0.571. The van der Waals surface area contributed by atoms with Gasteiger partial charge in [0.05, 0.1) is 9.40 Å². The Morgan fingerprint density at radius 2 is 2.30 bits per heavy atom. The Morgan fingerprint density at radius 1 is 1.55 bits per heavy atom. The zero-order chi connectivity index (χ0) is 14.7. The summed E-state index contributed by atoms with van der Waals surface area (Å²) in [6.07, 6.45) is 2.26. The molecule has 0 aromatic heterocycles. The molecule has 1 aromatic rings. The van der Waals surface area contributed by atoms with Gasteiger partial charge in [-0.05, 0) is 46.8 Å². The van der Waals surface area contributed by atoms with Crippen LogP contribution in [0.4, 0.5) is 5.69 Å². The molecular formula is C14H20BrN3O2. The normalized spacial score (nSPS) is 23.8. The summed E-state index contributed by atoms with van der Waals surface area (Å²) in [5.41, 5.74) is 6.94. The van der Waals surface area contributed by atoms with Crippen molar-refractivity contribution < 1.29 is 4.92 Å². The summed E-state index contributed by atoms with van der Waals surface area (Å²) in [6.45, 7) is 4.59. The first kappa shape index (κ1) is 15.4. The van der Waals surface area contributed by atoms with Gasteiger partial charge in [-0.25, -0.2) is 0 Å². The lowest BCUT2D eigenvalue weighted by Gasteiger charge is -2.38. The Balaban J connectivity index is 2.17. The number of nitrogens with zero attached hydrogens (tertiary/aromatic N) is 2. The Hall–Kier alpha value is -0.980. The zero-order valence-corrected chi connectivity index (χ0v) is 13.2. The average molecular weight is 342 g/mol. The molecule has 20 heavy (non-hydrogen) atoms. The quantitative estimate of drug-likeness (QED) is 0.675. The first-order chi connectivity index (χ1) is 9.52. The predicted molar refractivity (Wildman–Crippen MR) is 82.4 cm³/mol. The van der Waals surface area contributed by atoms with Gasteiger partial charge < -0.3 is 5.73 Å². The second-order valence-electron chi connectivity index (χ2n) is 5.50. The number of nitro benzene ring substituents is 1. The third-order valence-corrected chi connectivity index (χ3v) is 4.92. The number of nitro groups is 1. The molecule has 1 fully saturated rings. The summed E-state index contributed by atoms with van der Waals surface area (Å²) >= 11 is 3.36. The molecule has 0 spiro atoms. The SMILES string of the molecule is CC1CCN(Cc2cccc([N+](=O)[O-])c2Br)C(CN)C1. The van der Waals surface area contributed by atoms with Crippen LogP contribution in [0, 0.1) is 16.0 Å². The molecule has 110 valence electrons. The number of halogens is 1. The van der Waals surface area contributed by atoms with Gasteiger partial charge in [-0.1, -0.05) is 19.1 Å². The van der Waals surface area contributed by atoms with Crippen LogP contribution in [0.15, 0.2) is 22.7 Å². The molecule has 0 radical (unpaired) electrons. The Morgan fingerprint density at radius 3 is 2.95 bits per heavy atom. The van der Waals surface area contributed by atoms with Crippen molar-refractivity contribution in [1.82, 2.24) is 4.90 Å². The number of likely N-dealkylation sites (tertiary alicyclic amines) is 1. The van der Waals surface area contributed by atoms with E-state index in [0.29, 0.717) is 29.5 Å². The van der Waals surface area contributed by atoms with E-state index >= 15 is 0 Å². The number of rotatable bonds is 4. The largest absolute Gasteiger partial charge is 0.329 e. The van der Waals surface area contributed by atoms with Gasteiger partial charge >= 0.3 is 0 Å². The van der Waals surface area contributed by atoms with Crippen molar-refractivity contribution in [2.45, 2.75) is 32.4 Å². The minimum absolute atomic E-state index is 0.122. The summed E-state index contributed by atoms with van der Waals surface area (Å²) < 4.78 is 0.583. The van der Waals surface area contributed by atoms with E-state index in [2.05, 4.69) is 27.8 Å². The first-order valence-corrected chi connectivity index (χ1v) is 7.68. The molecule has 0 saturated carbocycles. The van der Waals surface area contributed by atoms with Crippen molar-refractivity contribution in [3.8, 4) is 0 Å². The molecule has 1 aliphatic rings. The highest BCUT2D eigenvalue weighted by molar-refractivity contribution is 9.10. The van der Waals surface area contributed by atoms with Crippen LogP contribution in [-0.4, -0.2) is 29.0 Å². The number of piperidine rings is 1. The highest BCUT2D eigenvalue weighted by Crippen LogP contribution is 2.31. The molecule has 6 heteroatoms. The van der Waals surface area contributed by atoms with Gasteiger partial charge in [0.25, 0.3) is 5.69 Å². The van der Waals surface area contributed by atoms with E-state index in [9.17, 15) is 10.1 Å². The maximum atomic E-state index is 11.0. The van der Waals surface area contributed by atoms with Gasteiger partial charge in [-0.2, -0.15) is 0 Å². The van der Waals surface area contributed by atoms with Crippen molar-refractivity contribution in [2.75, 3.05) is 13.1 Å². The number of benzene rings is 1. The lowest BCUT2D eigenvalue weighted by atomic mass is 9.92. The molecule has 5 nitrogen and oxygen atoms in total. The lowest BCUT2D eigenvalue weighted by molar-refractivity contribution is -0.385. The summed E-state index contributed by atoms with van der Waals surface area (Å²) in [5, 5.41) is 11.0. The van der Waals surface area contributed by atoms with Gasteiger partial charge in [0, 0.05) is 25.2 Å². The van der Waals surface area contributed by atoms with Crippen LogP contribution in [0.1, 0.15) is 25.3 Å². The molecule has 1 heterocycles. The van der Waals surface area contributed by atoms with E-state index in [-0.39, 0.29) is 10.6 Å². The van der Waals surface area contributed by atoms with Crippen LogP contribution < -0.4 is 5.73 Å². The van der Waals surface area contributed by atoms with E-state index in [1.807, 2.05) is 6.07 Å². The smallest absolute Gasteiger partial charge is 0.283 e.